The minimum Gasteiger partial charge on any atom is -0.436 e. The van der Waals surface area contributed by atoms with Crippen LogP contribution >= 0.6 is 11.8 Å². The third kappa shape index (κ3) is 4.06. The van der Waals surface area contributed by atoms with Gasteiger partial charge in [0.25, 0.3) is 0 Å². The van der Waals surface area contributed by atoms with Crippen LogP contribution in [0.5, 0.6) is 0 Å². The van der Waals surface area contributed by atoms with Gasteiger partial charge in [0.15, 0.2) is 22.5 Å². The third-order valence-electron chi connectivity index (χ3n) is 4.43. The lowest BCUT2D eigenvalue weighted by molar-refractivity contribution is -0.153. The maximum absolute atomic E-state index is 14.4. The number of hydrogen-bond acceptors (Lipinski definition) is 6. The van der Waals surface area contributed by atoms with Crippen molar-refractivity contribution in [2.24, 2.45) is 10.7 Å². The number of hydrogen-bond donors (Lipinski definition) is 1. The molecule has 1 aliphatic heterocycles. The van der Waals surface area contributed by atoms with Gasteiger partial charge in [-0.05, 0) is 31.0 Å². The molecule has 0 radical (unpaired) electrons. The topological polar surface area (TPSA) is 81.5 Å². The zero-order valence-electron chi connectivity index (χ0n) is 15.1. The second-order valence-electron chi connectivity index (χ2n) is 6.64. The molecule has 1 aromatic carbocycles. The van der Waals surface area contributed by atoms with Crippen molar-refractivity contribution in [3.05, 3.63) is 52.5 Å². The highest BCUT2D eigenvalue weighted by Crippen LogP contribution is 2.37. The largest absolute Gasteiger partial charge is 0.452 e. The Morgan fingerprint density at radius 1 is 1.39 bits per heavy atom. The molecule has 0 bridgehead atoms. The number of oxazole rings is 1. The number of amidine groups is 1. The van der Waals surface area contributed by atoms with Crippen molar-refractivity contribution in [2.75, 3.05) is 5.75 Å². The Bertz CT molecular complexity index is 955. The van der Waals surface area contributed by atoms with Crippen LogP contribution in [0.1, 0.15) is 46.6 Å². The van der Waals surface area contributed by atoms with Crippen molar-refractivity contribution in [2.45, 2.75) is 38.4 Å². The highest BCUT2D eigenvalue weighted by atomic mass is 32.2. The van der Waals surface area contributed by atoms with E-state index in [-0.39, 0.29) is 17.9 Å². The van der Waals surface area contributed by atoms with Crippen LogP contribution in [0.4, 0.5) is 17.6 Å². The van der Waals surface area contributed by atoms with Gasteiger partial charge in [0.05, 0.1) is 5.54 Å². The van der Waals surface area contributed by atoms with E-state index in [9.17, 15) is 22.4 Å². The number of alkyl halides is 3. The molecule has 10 heteroatoms. The van der Waals surface area contributed by atoms with Gasteiger partial charge in [-0.1, -0.05) is 17.8 Å². The lowest BCUT2D eigenvalue weighted by Crippen LogP contribution is -2.29. The first-order chi connectivity index (χ1) is 13.0. The van der Waals surface area contributed by atoms with Crippen molar-refractivity contribution >= 4 is 22.7 Å². The Morgan fingerprint density at radius 3 is 2.75 bits per heavy atom. The number of nitrogens with two attached hydrogens (primary N) is 1. The second-order valence-corrected chi connectivity index (χ2v) is 7.76. The van der Waals surface area contributed by atoms with Crippen molar-refractivity contribution in [1.82, 2.24) is 4.98 Å². The van der Waals surface area contributed by atoms with Crippen LogP contribution in [0.2, 0.25) is 0 Å². The van der Waals surface area contributed by atoms with E-state index < -0.39 is 34.8 Å². The smallest absolute Gasteiger partial charge is 0.436 e. The molecule has 3 rings (SSSR count). The summed E-state index contributed by atoms with van der Waals surface area (Å²) in [4.78, 5) is 20.3. The van der Waals surface area contributed by atoms with E-state index >= 15 is 0 Å². The maximum atomic E-state index is 14.4. The van der Waals surface area contributed by atoms with Crippen molar-refractivity contribution < 1.29 is 26.8 Å². The number of carbonyl (C=O) groups excluding carboxylic acids is 1. The van der Waals surface area contributed by atoms with Crippen LogP contribution in [0.15, 0.2) is 27.6 Å². The summed E-state index contributed by atoms with van der Waals surface area (Å²) >= 11 is 1.37. The number of carbonyl (C=O) groups is 1. The molecule has 1 aliphatic rings. The van der Waals surface area contributed by atoms with Crippen LogP contribution in [0.3, 0.4) is 0 Å². The number of nitrogens with zero attached hydrogens (tertiary/aromatic N) is 2. The van der Waals surface area contributed by atoms with Gasteiger partial charge in [0.1, 0.15) is 5.82 Å². The summed E-state index contributed by atoms with van der Waals surface area (Å²) in [5.41, 5.74) is 4.68. The molecule has 28 heavy (non-hydrogen) atoms. The first-order valence-corrected chi connectivity index (χ1v) is 9.33. The molecule has 2 heterocycles. The molecule has 0 saturated heterocycles. The van der Waals surface area contributed by atoms with E-state index in [1.165, 1.54) is 36.9 Å². The summed E-state index contributed by atoms with van der Waals surface area (Å²) in [6.45, 7) is 2.96. The SMILES string of the molecule is Cc1nc(C(=O)Cc2ccc(F)c([C@]3(C)CCSC(N)=N3)c2)c(C(F)(F)F)o1. The zero-order chi connectivity index (χ0) is 20.7. The molecule has 0 unspecified atom stereocenters. The number of aromatic nitrogens is 1. The fraction of sp³-hybridized carbons (Fsp3) is 0.389. The average Bonchev–Trinajstić information content (AvgIpc) is 2.98. The molecule has 0 saturated carbocycles. The minimum atomic E-state index is -4.83. The summed E-state index contributed by atoms with van der Waals surface area (Å²) in [5, 5.41) is 0.336. The summed E-state index contributed by atoms with van der Waals surface area (Å²) in [5.74, 6) is -2.41. The molecule has 1 aromatic heterocycles. The summed E-state index contributed by atoms with van der Waals surface area (Å²) in [6.07, 6.45) is -4.68. The molecule has 0 aliphatic carbocycles. The lowest BCUT2D eigenvalue weighted by Gasteiger charge is -2.30. The van der Waals surface area contributed by atoms with Crippen molar-refractivity contribution in [3.63, 3.8) is 0 Å². The summed E-state index contributed by atoms with van der Waals surface area (Å²) in [7, 11) is 0. The normalized spacial score (nSPS) is 20.1. The molecular weight excluding hydrogens is 398 g/mol. The molecule has 0 amide bonds. The quantitative estimate of drug-likeness (QED) is 0.597. The Balaban J connectivity index is 1.93. The first kappa shape index (κ1) is 20.4. The lowest BCUT2D eigenvalue weighted by atomic mass is 9.87. The highest BCUT2D eigenvalue weighted by Gasteiger charge is 2.41. The van der Waals surface area contributed by atoms with Gasteiger partial charge in [0.2, 0.25) is 5.76 Å². The molecular formula is C18H17F4N3O2S. The number of halogens is 4. The average molecular weight is 415 g/mol. The fourth-order valence-corrected chi connectivity index (χ4v) is 4.03. The molecule has 2 aromatic rings. The van der Waals surface area contributed by atoms with E-state index in [1.807, 2.05) is 0 Å². The van der Waals surface area contributed by atoms with Gasteiger partial charge in [-0.25, -0.2) is 9.37 Å². The molecule has 150 valence electrons. The molecule has 2 N–H and O–H groups in total. The zero-order valence-corrected chi connectivity index (χ0v) is 15.9. The van der Waals surface area contributed by atoms with Gasteiger partial charge in [0, 0.05) is 24.7 Å². The number of rotatable bonds is 4. The van der Waals surface area contributed by atoms with Crippen LogP contribution in [0.25, 0.3) is 0 Å². The number of aliphatic imine (C=N–C) groups is 1. The predicted molar refractivity (Wildman–Crippen MR) is 96.7 cm³/mol. The Morgan fingerprint density at radius 2 is 2.11 bits per heavy atom. The number of benzene rings is 1. The van der Waals surface area contributed by atoms with E-state index in [0.717, 1.165) is 0 Å². The van der Waals surface area contributed by atoms with Gasteiger partial charge < -0.3 is 10.2 Å². The van der Waals surface area contributed by atoms with Gasteiger partial charge in [-0.2, -0.15) is 13.2 Å². The third-order valence-corrected chi connectivity index (χ3v) is 5.22. The molecule has 1 atom stereocenters. The van der Waals surface area contributed by atoms with Crippen LogP contribution in [-0.4, -0.2) is 21.7 Å². The van der Waals surface area contributed by atoms with E-state index in [2.05, 4.69) is 14.4 Å². The highest BCUT2D eigenvalue weighted by molar-refractivity contribution is 8.13. The van der Waals surface area contributed by atoms with Gasteiger partial charge in [-0.15, -0.1) is 0 Å². The van der Waals surface area contributed by atoms with Crippen LogP contribution in [0, 0.1) is 12.7 Å². The maximum Gasteiger partial charge on any atom is 0.452 e. The predicted octanol–water partition coefficient (Wildman–Crippen LogP) is 4.23. The fourth-order valence-electron chi connectivity index (χ4n) is 3.05. The minimum absolute atomic E-state index is 0.244. The van der Waals surface area contributed by atoms with E-state index in [4.69, 9.17) is 5.73 Å². The molecule has 5 nitrogen and oxygen atoms in total. The molecule has 0 spiro atoms. The number of Topliss-reactive ketones (excluding diaryl/α,β-unsaturated/α-hetero) is 1. The summed E-state index contributed by atoms with van der Waals surface area (Å²) < 4.78 is 58.1. The summed E-state index contributed by atoms with van der Waals surface area (Å²) in [6, 6.07) is 3.97. The first-order valence-electron chi connectivity index (χ1n) is 8.34. The van der Waals surface area contributed by atoms with E-state index in [1.54, 1.807) is 6.92 Å². The Labute approximate surface area is 162 Å². The van der Waals surface area contributed by atoms with Gasteiger partial charge in [-0.3, -0.25) is 9.79 Å². The Kier molecular flexibility index (Phi) is 5.26. The number of ketones is 1. The van der Waals surface area contributed by atoms with Crippen LogP contribution in [-0.2, 0) is 18.1 Å². The van der Waals surface area contributed by atoms with E-state index in [0.29, 0.717) is 22.9 Å². The standard InChI is InChI=1S/C18H17F4N3O2S/c1-9-24-14(15(27-9)18(20,21)22)13(26)8-10-3-4-12(19)11(7-10)17(2)5-6-28-16(23)25-17/h3-4,7H,5-6,8H2,1-2H3,(H2,23,25)/t17-/m0/s1. The molecule has 0 fully saturated rings. The number of thioether (sulfide) groups is 1. The van der Waals surface area contributed by atoms with Crippen molar-refractivity contribution in [3.8, 4) is 0 Å². The Hall–Kier alpha value is -2.36. The van der Waals surface area contributed by atoms with Crippen LogP contribution < -0.4 is 5.73 Å². The monoisotopic (exact) mass is 415 g/mol. The van der Waals surface area contributed by atoms with Gasteiger partial charge >= 0.3 is 6.18 Å². The van der Waals surface area contributed by atoms with Crippen molar-refractivity contribution in [1.29, 1.82) is 0 Å². The second kappa shape index (κ2) is 7.23. The number of aryl methyl sites for hydroxylation is 1.